The number of amides is 3. The van der Waals surface area contributed by atoms with Crippen molar-refractivity contribution in [2.24, 2.45) is 0 Å². The van der Waals surface area contributed by atoms with Crippen LogP contribution in [-0.4, -0.2) is 41.3 Å². The van der Waals surface area contributed by atoms with Crippen molar-refractivity contribution in [3.05, 3.63) is 65.2 Å². The van der Waals surface area contributed by atoms with Gasteiger partial charge in [0, 0.05) is 11.6 Å². The number of anilines is 1. The summed E-state index contributed by atoms with van der Waals surface area (Å²) in [7, 11) is 1.58. The molecular weight excluding hydrogens is 380 g/mol. The lowest BCUT2D eigenvalue weighted by Gasteiger charge is -2.43. The number of benzene rings is 2. The topological polar surface area (TPSA) is 66.9 Å². The molecule has 0 N–H and O–H groups in total. The molecule has 2 aliphatic rings. The summed E-state index contributed by atoms with van der Waals surface area (Å²) < 4.78 is 5.37. The van der Waals surface area contributed by atoms with Gasteiger partial charge in [0.05, 0.1) is 29.5 Å². The quantitative estimate of drug-likeness (QED) is 0.728. The molecule has 4 rings (SSSR count). The van der Waals surface area contributed by atoms with Gasteiger partial charge in [-0.05, 0) is 57.5 Å². The summed E-state index contributed by atoms with van der Waals surface area (Å²) in [5.74, 6) is -0.578. The predicted molar refractivity (Wildman–Crippen MR) is 115 cm³/mol. The molecule has 6 nitrogen and oxygen atoms in total. The monoisotopic (exact) mass is 404 g/mol. The van der Waals surface area contributed by atoms with Crippen LogP contribution in [0.25, 0.3) is 5.57 Å². The molecule has 0 radical (unpaired) electrons. The molecule has 2 aromatic rings. The van der Waals surface area contributed by atoms with E-state index in [0.717, 1.165) is 16.0 Å². The Hall–Kier alpha value is -3.41. The fourth-order valence-electron chi connectivity index (χ4n) is 4.40. The average molecular weight is 404 g/mol. The van der Waals surface area contributed by atoms with Crippen molar-refractivity contribution in [1.29, 1.82) is 0 Å². The van der Waals surface area contributed by atoms with Crippen molar-refractivity contribution in [1.82, 2.24) is 4.90 Å². The van der Waals surface area contributed by atoms with E-state index in [0.29, 0.717) is 22.6 Å². The standard InChI is InChI=1S/C24H24N2O4/c1-14-13-24(3,4)26(20-12-16(30-5)10-11-17(14)20)21(27)15(2)25-22(28)18-8-6-7-9-19(18)23(25)29/h6-13,15H,1-5H3. The van der Waals surface area contributed by atoms with Crippen LogP contribution in [0.4, 0.5) is 5.69 Å². The Morgan fingerprint density at radius 2 is 1.60 bits per heavy atom. The molecule has 2 aliphatic heterocycles. The van der Waals surface area contributed by atoms with Crippen LogP contribution in [-0.2, 0) is 4.79 Å². The minimum absolute atomic E-state index is 0.326. The van der Waals surface area contributed by atoms with Crippen molar-refractivity contribution in [3.8, 4) is 5.75 Å². The molecule has 30 heavy (non-hydrogen) atoms. The summed E-state index contributed by atoms with van der Waals surface area (Å²) in [5, 5.41) is 0. The van der Waals surface area contributed by atoms with Crippen molar-refractivity contribution in [2.45, 2.75) is 39.3 Å². The summed E-state index contributed by atoms with van der Waals surface area (Å²) in [5.41, 5.74) is 2.68. The predicted octanol–water partition coefficient (Wildman–Crippen LogP) is 3.91. The Morgan fingerprint density at radius 3 is 2.17 bits per heavy atom. The lowest BCUT2D eigenvalue weighted by molar-refractivity contribution is -0.122. The van der Waals surface area contributed by atoms with E-state index in [9.17, 15) is 14.4 Å². The first-order chi connectivity index (χ1) is 14.2. The van der Waals surface area contributed by atoms with Crippen LogP contribution in [0.5, 0.6) is 5.75 Å². The molecule has 154 valence electrons. The number of hydrogen-bond acceptors (Lipinski definition) is 4. The number of hydrogen-bond donors (Lipinski definition) is 0. The molecule has 0 aliphatic carbocycles. The largest absolute Gasteiger partial charge is 0.497 e. The van der Waals surface area contributed by atoms with Crippen LogP contribution < -0.4 is 9.64 Å². The maximum Gasteiger partial charge on any atom is 0.262 e. The van der Waals surface area contributed by atoms with Gasteiger partial charge in [0.15, 0.2) is 0 Å². The van der Waals surface area contributed by atoms with Crippen molar-refractivity contribution in [3.63, 3.8) is 0 Å². The molecule has 3 amide bonds. The summed E-state index contributed by atoms with van der Waals surface area (Å²) in [6, 6.07) is 11.3. The van der Waals surface area contributed by atoms with Gasteiger partial charge in [0.2, 0.25) is 0 Å². The second-order valence-electron chi connectivity index (χ2n) is 8.24. The van der Waals surface area contributed by atoms with Crippen LogP contribution in [0.3, 0.4) is 0 Å². The average Bonchev–Trinajstić information content (AvgIpc) is 2.96. The number of carbonyl (C=O) groups excluding carboxylic acids is 3. The molecule has 0 fully saturated rings. The zero-order chi connectivity index (χ0) is 21.8. The minimum Gasteiger partial charge on any atom is -0.497 e. The van der Waals surface area contributed by atoms with Crippen LogP contribution in [0, 0.1) is 0 Å². The first-order valence-electron chi connectivity index (χ1n) is 9.86. The third-order valence-corrected chi connectivity index (χ3v) is 5.81. The van der Waals surface area contributed by atoms with E-state index in [4.69, 9.17) is 4.74 Å². The molecular formula is C24H24N2O4. The van der Waals surface area contributed by atoms with Crippen LogP contribution in [0.15, 0.2) is 48.5 Å². The van der Waals surface area contributed by atoms with Gasteiger partial charge in [-0.25, -0.2) is 0 Å². The SMILES string of the molecule is COc1ccc2c(c1)N(C(=O)C(C)N1C(=O)c3ccccc3C1=O)C(C)(C)C=C2C. The summed E-state index contributed by atoms with van der Waals surface area (Å²) in [6.45, 7) is 7.48. The summed E-state index contributed by atoms with van der Waals surface area (Å²) in [4.78, 5) is 42.2. The van der Waals surface area contributed by atoms with Crippen LogP contribution in [0.2, 0.25) is 0 Å². The third kappa shape index (κ3) is 2.83. The van der Waals surface area contributed by atoms with E-state index in [2.05, 4.69) is 0 Å². The lowest BCUT2D eigenvalue weighted by Crippen LogP contribution is -2.56. The molecule has 2 heterocycles. The van der Waals surface area contributed by atoms with Gasteiger partial charge in [0.25, 0.3) is 17.7 Å². The third-order valence-electron chi connectivity index (χ3n) is 5.81. The van der Waals surface area contributed by atoms with E-state index < -0.39 is 23.4 Å². The van der Waals surface area contributed by atoms with E-state index >= 15 is 0 Å². The highest BCUT2D eigenvalue weighted by atomic mass is 16.5. The zero-order valence-electron chi connectivity index (χ0n) is 17.7. The van der Waals surface area contributed by atoms with E-state index in [1.54, 1.807) is 43.2 Å². The van der Waals surface area contributed by atoms with Crippen molar-refractivity contribution >= 4 is 29.0 Å². The molecule has 6 heteroatoms. The molecule has 0 saturated carbocycles. The number of imide groups is 1. The van der Waals surface area contributed by atoms with Gasteiger partial charge in [-0.3, -0.25) is 19.3 Å². The number of methoxy groups -OCH3 is 1. The van der Waals surface area contributed by atoms with Crippen molar-refractivity contribution in [2.75, 3.05) is 12.0 Å². The van der Waals surface area contributed by atoms with Crippen molar-refractivity contribution < 1.29 is 19.1 Å². The number of rotatable bonds is 3. The second-order valence-corrected chi connectivity index (χ2v) is 8.24. The second kappa shape index (κ2) is 6.83. The summed E-state index contributed by atoms with van der Waals surface area (Å²) in [6.07, 6.45) is 2.02. The first-order valence-corrected chi connectivity index (χ1v) is 9.86. The molecule has 1 unspecified atom stereocenters. The van der Waals surface area contributed by atoms with Gasteiger partial charge in [-0.15, -0.1) is 0 Å². The highest BCUT2D eigenvalue weighted by molar-refractivity contribution is 6.23. The lowest BCUT2D eigenvalue weighted by atomic mass is 9.88. The van der Waals surface area contributed by atoms with Gasteiger partial charge in [-0.2, -0.15) is 0 Å². The van der Waals surface area contributed by atoms with Gasteiger partial charge < -0.3 is 9.64 Å². The molecule has 0 saturated heterocycles. The number of nitrogens with zero attached hydrogens (tertiary/aromatic N) is 2. The van der Waals surface area contributed by atoms with E-state index in [1.807, 2.05) is 45.0 Å². The number of allylic oxidation sites excluding steroid dienone is 1. The van der Waals surface area contributed by atoms with Crippen LogP contribution in [0.1, 0.15) is 54.0 Å². The first kappa shape index (κ1) is 19.9. The van der Waals surface area contributed by atoms with Gasteiger partial charge >= 0.3 is 0 Å². The molecule has 1 atom stereocenters. The normalized spacial score (nSPS) is 18.0. The maximum absolute atomic E-state index is 13.7. The maximum atomic E-state index is 13.7. The Bertz CT molecular complexity index is 1080. The van der Waals surface area contributed by atoms with E-state index in [-0.39, 0.29) is 5.91 Å². The number of ether oxygens (including phenoxy) is 1. The van der Waals surface area contributed by atoms with Crippen LogP contribution >= 0.6 is 0 Å². The Kier molecular flexibility index (Phi) is 4.53. The highest BCUT2D eigenvalue weighted by Crippen LogP contribution is 2.41. The highest BCUT2D eigenvalue weighted by Gasteiger charge is 2.45. The Labute approximate surface area is 175 Å². The molecule has 0 bridgehead atoms. The Balaban J connectivity index is 1.76. The van der Waals surface area contributed by atoms with Gasteiger partial charge in [-0.1, -0.05) is 18.2 Å². The smallest absolute Gasteiger partial charge is 0.262 e. The fraction of sp³-hybridized carbons (Fsp3) is 0.292. The van der Waals surface area contributed by atoms with E-state index in [1.165, 1.54) is 0 Å². The fourth-order valence-corrected chi connectivity index (χ4v) is 4.40. The molecule has 0 aromatic heterocycles. The summed E-state index contributed by atoms with van der Waals surface area (Å²) >= 11 is 0. The number of fused-ring (bicyclic) bond motifs is 2. The Morgan fingerprint density at radius 1 is 1.00 bits per heavy atom. The molecule has 2 aromatic carbocycles. The zero-order valence-corrected chi connectivity index (χ0v) is 17.7. The van der Waals surface area contributed by atoms with Gasteiger partial charge in [0.1, 0.15) is 11.8 Å². The minimum atomic E-state index is -0.956. The molecule has 0 spiro atoms. The number of carbonyl (C=O) groups is 3.